The van der Waals surface area contributed by atoms with E-state index >= 15 is 0 Å². The Bertz CT molecular complexity index is 870. The monoisotopic (exact) mass is 304 g/mol. The van der Waals surface area contributed by atoms with Crippen LogP contribution in [0.4, 0.5) is 0 Å². The van der Waals surface area contributed by atoms with Gasteiger partial charge in [-0.25, -0.2) is 0 Å². The summed E-state index contributed by atoms with van der Waals surface area (Å²) in [5.41, 5.74) is 1.45. The van der Waals surface area contributed by atoms with Crippen LogP contribution in [0.1, 0.15) is 26.3 Å². The maximum atomic E-state index is 12.8. The minimum Gasteiger partial charge on any atom is -0.294 e. The molecule has 2 heteroatoms. The van der Waals surface area contributed by atoms with Crippen molar-refractivity contribution in [3.63, 3.8) is 0 Å². The Morgan fingerprint density at radius 2 is 1.78 bits per heavy atom. The van der Waals surface area contributed by atoms with Gasteiger partial charge in [-0.2, -0.15) is 0 Å². The second-order valence-electron chi connectivity index (χ2n) is 6.41. The van der Waals surface area contributed by atoms with E-state index < -0.39 is 5.41 Å². The van der Waals surface area contributed by atoms with Crippen molar-refractivity contribution in [3.05, 3.63) is 71.3 Å². The first-order valence-electron chi connectivity index (χ1n) is 7.87. The molecule has 116 valence electrons. The van der Waals surface area contributed by atoms with Gasteiger partial charge in [0.1, 0.15) is 0 Å². The molecule has 0 fully saturated rings. The van der Waals surface area contributed by atoms with E-state index in [-0.39, 0.29) is 11.6 Å². The smallest absolute Gasteiger partial charge is 0.177 e. The van der Waals surface area contributed by atoms with E-state index in [9.17, 15) is 9.59 Å². The van der Waals surface area contributed by atoms with Gasteiger partial charge in [0, 0.05) is 5.57 Å². The van der Waals surface area contributed by atoms with Crippen molar-refractivity contribution >= 4 is 22.3 Å². The lowest BCUT2D eigenvalue weighted by Gasteiger charge is -2.21. The number of rotatable bonds is 3. The summed E-state index contributed by atoms with van der Waals surface area (Å²) in [5, 5.41) is 2.29. The van der Waals surface area contributed by atoms with Crippen molar-refractivity contribution in [3.8, 4) is 0 Å². The zero-order valence-electron chi connectivity index (χ0n) is 13.7. The summed E-state index contributed by atoms with van der Waals surface area (Å²) in [6, 6.07) is 14.2. The number of carbonyl (C=O) groups is 2. The van der Waals surface area contributed by atoms with Gasteiger partial charge in [0.2, 0.25) is 0 Å². The second-order valence-corrected chi connectivity index (χ2v) is 6.41. The molecule has 23 heavy (non-hydrogen) atoms. The Kier molecular flexibility index (Phi) is 3.77. The summed E-state index contributed by atoms with van der Waals surface area (Å²) in [7, 11) is 0. The van der Waals surface area contributed by atoms with Crippen LogP contribution in [-0.4, -0.2) is 11.6 Å². The molecule has 1 aliphatic rings. The highest BCUT2D eigenvalue weighted by Gasteiger charge is 2.46. The third-order valence-corrected chi connectivity index (χ3v) is 4.79. The van der Waals surface area contributed by atoms with Crippen LogP contribution < -0.4 is 0 Å². The molecule has 0 spiro atoms. The minimum absolute atomic E-state index is 0.0636. The average molecular weight is 304 g/mol. The molecule has 2 nitrogen and oxygen atoms in total. The van der Waals surface area contributed by atoms with Gasteiger partial charge in [-0.3, -0.25) is 9.59 Å². The molecule has 2 aromatic rings. The molecule has 1 atom stereocenters. The Balaban J connectivity index is 1.95. The summed E-state index contributed by atoms with van der Waals surface area (Å²) in [6.07, 6.45) is 3.82. The fourth-order valence-electron chi connectivity index (χ4n) is 3.14. The number of hydrogen-bond acceptors (Lipinski definition) is 2. The first kappa shape index (κ1) is 15.4. The minimum atomic E-state index is -0.984. The largest absolute Gasteiger partial charge is 0.294 e. The number of ketones is 2. The third kappa shape index (κ3) is 2.55. The van der Waals surface area contributed by atoms with Gasteiger partial charge in [-0.05, 0) is 55.2 Å². The normalized spacial score (nSPS) is 21.9. The molecule has 0 amide bonds. The van der Waals surface area contributed by atoms with E-state index in [0.29, 0.717) is 12.0 Å². The molecule has 1 aliphatic carbocycles. The molecule has 0 aromatic heterocycles. The zero-order valence-corrected chi connectivity index (χ0v) is 13.7. The summed E-state index contributed by atoms with van der Waals surface area (Å²) in [6.45, 7) is 5.52. The molecular weight excluding hydrogens is 284 g/mol. The highest BCUT2D eigenvalue weighted by atomic mass is 16.2. The third-order valence-electron chi connectivity index (χ3n) is 4.79. The summed E-state index contributed by atoms with van der Waals surface area (Å²) in [5.74, 6) is -0.155. The van der Waals surface area contributed by atoms with Crippen LogP contribution in [0, 0.1) is 5.41 Å². The molecule has 0 radical (unpaired) electrons. The van der Waals surface area contributed by atoms with Crippen molar-refractivity contribution < 1.29 is 9.59 Å². The van der Waals surface area contributed by atoms with E-state index in [1.165, 1.54) is 6.08 Å². The molecule has 0 heterocycles. The maximum Gasteiger partial charge on any atom is 0.177 e. The highest BCUT2D eigenvalue weighted by Crippen LogP contribution is 2.37. The SMILES string of the molecule is C/C=C(\C)C1=CC(=O)[C@](C)(Cc2ccc3ccccc3c2)C1=O. The standard InChI is InChI=1S/C21H20O2/c1-4-14(2)18-12-19(22)21(3,20(18)23)13-15-9-10-16-7-5-6-8-17(16)11-15/h4-12H,13H2,1-3H3/b14-4+/t21-/m0/s1. The van der Waals surface area contributed by atoms with E-state index in [2.05, 4.69) is 12.1 Å². The lowest BCUT2D eigenvalue weighted by molar-refractivity contribution is -0.132. The van der Waals surface area contributed by atoms with Gasteiger partial charge in [0.25, 0.3) is 0 Å². The van der Waals surface area contributed by atoms with Crippen molar-refractivity contribution in [2.24, 2.45) is 5.41 Å². The Labute approximate surface area is 136 Å². The van der Waals surface area contributed by atoms with Crippen LogP contribution in [-0.2, 0) is 16.0 Å². The maximum absolute atomic E-state index is 12.8. The van der Waals surface area contributed by atoms with Gasteiger partial charge >= 0.3 is 0 Å². The van der Waals surface area contributed by atoms with Crippen LogP contribution in [0.15, 0.2) is 65.8 Å². The molecule has 2 aromatic carbocycles. The molecule has 0 bridgehead atoms. The molecular formula is C21H20O2. The summed E-state index contributed by atoms with van der Waals surface area (Å²) >= 11 is 0. The number of Topliss-reactive ketones (excluding diaryl/α,β-unsaturated/α-hetero) is 1. The molecule has 0 saturated heterocycles. The number of hydrogen-bond donors (Lipinski definition) is 0. The van der Waals surface area contributed by atoms with E-state index in [1.54, 1.807) is 6.92 Å². The Morgan fingerprint density at radius 3 is 2.48 bits per heavy atom. The summed E-state index contributed by atoms with van der Waals surface area (Å²) < 4.78 is 0. The van der Waals surface area contributed by atoms with Crippen molar-refractivity contribution in [2.45, 2.75) is 27.2 Å². The van der Waals surface area contributed by atoms with Gasteiger partial charge in [-0.1, -0.05) is 48.5 Å². The van der Waals surface area contributed by atoms with Crippen LogP contribution in [0.5, 0.6) is 0 Å². The van der Waals surface area contributed by atoms with Crippen molar-refractivity contribution in [1.82, 2.24) is 0 Å². The van der Waals surface area contributed by atoms with Gasteiger partial charge in [0.15, 0.2) is 11.6 Å². The number of allylic oxidation sites excluding steroid dienone is 4. The topological polar surface area (TPSA) is 34.1 Å². The number of fused-ring (bicyclic) bond motifs is 1. The van der Waals surface area contributed by atoms with Gasteiger partial charge in [-0.15, -0.1) is 0 Å². The highest BCUT2D eigenvalue weighted by molar-refractivity contribution is 6.26. The Morgan fingerprint density at radius 1 is 1.09 bits per heavy atom. The van der Waals surface area contributed by atoms with Crippen LogP contribution >= 0.6 is 0 Å². The van der Waals surface area contributed by atoms with E-state index in [1.807, 2.05) is 50.3 Å². The first-order valence-corrected chi connectivity index (χ1v) is 7.87. The number of carbonyl (C=O) groups excluding carboxylic acids is 2. The number of benzene rings is 2. The van der Waals surface area contributed by atoms with Gasteiger partial charge < -0.3 is 0 Å². The van der Waals surface area contributed by atoms with Crippen LogP contribution in [0.2, 0.25) is 0 Å². The first-order chi connectivity index (χ1) is 11.0. The van der Waals surface area contributed by atoms with Crippen LogP contribution in [0.25, 0.3) is 10.8 Å². The fraction of sp³-hybridized carbons (Fsp3) is 0.238. The predicted molar refractivity (Wildman–Crippen MR) is 93.3 cm³/mol. The zero-order chi connectivity index (χ0) is 16.6. The molecule has 0 N–H and O–H groups in total. The predicted octanol–water partition coefficient (Wildman–Crippen LogP) is 4.43. The Hall–Kier alpha value is -2.48. The summed E-state index contributed by atoms with van der Waals surface area (Å²) in [4.78, 5) is 25.3. The second kappa shape index (κ2) is 5.62. The molecule has 0 aliphatic heterocycles. The quantitative estimate of drug-likeness (QED) is 0.786. The average Bonchev–Trinajstić information content (AvgIpc) is 2.78. The van der Waals surface area contributed by atoms with Gasteiger partial charge in [0.05, 0.1) is 5.41 Å². The molecule has 0 saturated carbocycles. The lowest BCUT2D eigenvalue weighted by atomic mass is 9.78. The fourth-order valence-corrected chi connectivity index (χ4v) is 3.14. The van der Waals surface area contributed by atoms with E-state index in [4.69, 9.17) is 0 Å². The molecule has 3 rings (SSSR count). The van der Waals surface area contributed by atoms with E-state index in [0.717, 1.165) is 21.9 Å². The van der Waals surface area contributed by atoms with Crippen molar-refractivity contribution in [1.29, 1.82) is 0 Å². The van der Waals surface area contributed by atoms with Crippen molar-refractivity contribution in [2.75, 3.05) is 0 Å². The lowest BCUT2D eigenvalue weighted by Crippen LogP contribution is -2.33. The van der Waals surface area contributed by atoms with Crippen LogP contribution in [0.3, 0.4) is 0 Å². The molecule has 0 unspecified atom stereocenters.